The number of hydrogen-bond donors (Lipinski definition) is 2. The van der Waals surface area contributed by atoms with Gasteiger partial charge in [-0.1, -0.05) is 12.1 Å². The first-order chi connectivity index (χ1) is 13.1. The van der Waals surface area contributed by atoms with Gasteiger partial charge in [0.2, 0.25) is 12.7 Å². The lowest BCUT2D eigenvalue weighted by Gasteiger charge is -2.34. The smallest absolute Gasteiger partial charge is 0.262 e. The van der Waals surface area contributed by atoms with E-state index in [0.29, 0.717) is 22.9 Å². The topological polar surface area (TPSA) is 89.1 Å². The third-order valence-corrected chi connectivity index (χ3v) is 4.39. The Morgan fingerprint density at radius 2 is 1.93 bits per heavy atom. The van der Waals surface area contributed by atoms with E-state index >= 15 is 0 Å². The minimum absolute atomic E-state index is 0.0856. The highest BCUT2D eigenvalue weighted by Crippen LogP contribution is 2.35. The molecular weight excluding hydrogens is 350 g/mol. The first kappa shape index (κ1) is 17.0. The molecule has 1 atom stereocenters. The summed E-state index contributed by atoms with van der Waals surface area (Å²) in [6.45, 7) is 0.547. The minimum Gasteiger partial charge on any atom is -0.477 e. The van der Waals surface area contributed by atoms with Gasteiger partial charge in [-0.2, -0.15) is 0 Å². The van der Waals surface area contributed by atoms with Crippen LogP contribution in [0.25, 0.3) is 0 Å². The van der Waals surface area contributed by atoms with Crippen LogP contribution < -0.4 is 29.7 Å². The molecular formula is C19H19N3O5. The van der Waals surface area contributed by atoms with Crippen molar-refractivity contribution in [3.8, 4) is 17.2 Å². The number of benzene rings is 2. The van der Waals surface area contributed by atoms with Crippen LogP contribution in [0.15, 0.2) is 42.5 Å². The molecule has 8 nitrogen and oxygen atoms in total. The predicted octanol–water partition coefficient (Wildman–Crippen LogP) is 1.37. The lowest BCUT2D eigenvalue weighted by atomic mass is 10.1. The van der Waals surface area contributed by atoms with Crippen LogP contribution in [0, 0.1) is 0 Å². The molecule has 4 rings (SSSR count). The Kier molecular flexibility index (Phi) is 4.45. The molecule has 2 aromatic rings. The Balaban J connectivity index is 1.48. The van der Waals surface area contributed by atoms with E-state index < -0.39 is 6.10 Å². The summed E-state index contributed by atoms with van der Waals surface area (Å²) < 4.78 is 16.3. The number of fused-ring (bicyclic) bond motifs is 2. The van der Waals surface area contributed by atoms with E-state index in [1.165, 1.54) is 0 Å². The third kappa shape index (κ3) is 3.46. The van der Waals surface area contributed by atoms with Gasteiger partial charge in [-0.05, 0) is 24.3 Å². The van der Waals surface area contributed by atoms with Gasteiger partial charge in [-0.25, -0.2) is 0 Å². The van der Waals surface area contributed by atoms with Crippen molar-refractivity contribution >= 4 is 23.2 Å². The molecule has 0 fully saturated rings. The third-order valence-electron chi connectivity index (χ3n) is 4.39. The number of nitrogens with one attached hydrogen (secondary N) is 2. The molecule has 0 radical (unpaired) electrons. The summed E-state index contributed by atoms with van der Waals surface area (Å²) in [5.41, 5.74) is 1.40. The van der Waals surface area contributed by atoms with Gasteiger partial charge >= 0.3 is 0 Å². The quantitative estimate of drug-likeness (QED) is 0.846. The van der Waals surface area contributed by atoms with E-state index in [1.54, 1.807) is 31.3 Å². The second-order valence-electron chi connectivity index (χ2n) is 6.19. The zero-order valence-electron chi connectivity index (χ0n) is 14.7. The van der Waals surface area contributed by atoms with Crippen molar-refractivity contribution < 1.29 is 23.8 Å². The molecule has 2 aliphatic rings. The van der Waals surface area contributed by atoms with Crippen molar-refractivity contribution in [3.05, 3.63) is 42.5 Å². The van der Waals surface area contributed by atoms with Crippen molar-refractivity contribution in [1.82, 2.24) is 5.32 Å². The highest BCUT2D eigenvalue weighted by molar-refractivity contribution is 5.95. The largest absolute Gasteiger partial charge is 0.477 e. The first-order valence-corrected chi connectivity index (χ1v) is 8.56. The van der Waals surface area contributed by atoms with E-state index in [-0.39, 0.29) is 31.7 Å². The fraction of sp³-hybridized carbons (Fsp3) is 0.263. The van der Waals surface area contributed by atoms with Gasteiger partial charge in [0, 0.05) is 18.8 Å². The molecule has 8 heteroatoms. The van der Waals surface area contributed by atoms with Crippen LogP contribution in [0.5, 0.6) is 17.2 Å². The van der Waals surface area contributed by atoms with Gasteiger partial charge in [0.25, 0.3) is 5.91 Å². The molecule has 0 unspecified atom stereocenters. The van der Waals surface area contributed by atoms with Gasteiger partial charge < -0.3 is 29.7 Å². The zero-order valence-corrected chi connectivity index (χ0v) is 14.7. The second-order valence-corrected chi connectivity index (χ2v) is 6.19. The molecule has 140 valence electrons. The molecule has 2 aromatic carbocycles. The summed E-state index contributed by atoms with van der Waals surface area (Å²) in [7, 11) is 1.56. The average Bonchev–Trinajstić information content (AvgIpc) is 3.15. The maximum atomic E-state index is 12.6. The van der Waals surface area contributed by atoms with Crippen LogP contribution in [0.4, 0.5) is 11.4 Å². The SMILES string of the molecule is CNC(=O)[C@H]1CN(CC(=O)Nc2ccc3c(c2)OCO3)c2ccccc2O1. The molecule has 2 amide bonds. The Morgan fingerprint density at radius 1 is 1.11 bits per heavy atom. The number of anilines is 2. The summed E-state index contributed by atoms with van der Waals surface area (Å²) in [4.78, 5) is 26.4. The van der Waals surface area contributed by atoms with Crippen LogP contribution in [0.1, 0.15) is 0 Å². The van der Waals surface area contributed by atoms with Crippen LogP contribution >= 0.6 is 0 Å². The van der Waals surface area contributed by atoms with Crippen molar-refractivity contribution in [2.45, 2.75) is 6.10 Å². The maximum Gasteiger partial charge on any atom is 0.262 e. The van der Waals surface area contributed by atoms with Gasteiger partial charge in [0.1, 0.15) is 5.75 Å². The lowest BCUT2D eigenvalue weighted by Crippen LogP contribution is -2.50. The molecule has 0 saturated heterocycles. The number of ether oxygens (including phenoxy) is 3. The predicted molar refractivity (Wildman–Crippen MR) is 98.3 cm³/mol. The Hall–Kier alpha value is -3.42. The van der Waals surface area contributed by atoms with Crippen molar-refractivity contribution in [3.63, 3.8) is 0 Å². The molecule has 0 spiro atoms. The van der Waals surface area contributed by atoms with Crippen LogP contribution in [0.2, 0.25) is 0 Å². The summed E-state index contributed by atoms with van der Waals surface area (Å²) in [5, 5.41) is 5.44. The van der Waals surface area contributed by atoms with Gasteiger partial charge in [-0.15, -0.1) is 0 Å². The Bertz CT molecular complexity index is 885. The normalized spacial score (nSPS) is 16.9. The second kappa shape index (κ2) is 7.06. The van der Waals surface area contributed by atoms with Crippen molar-refractivity contribution in [1.29, 1.82) is 0 Å². The van der Waals surface area contributed by atoms with Crippen molar-refractivity contribution in [2.24, 2.45) is 0 Å². The van der Waals surface area contributed by atoms with Gasteiger partial charge in [-0.3, -0.25) is 9.59 Å². The summed E-state index contributed by atoms with van der Waals surface area (Å²) in [6, 6.07) is 12.6. The van der Waals surface area contributed by atoms with Crippen LogP contribution in [0.3, 0.4) is 0 Å². The molecule has 2 N–H and O–H groups in total. The number of hydrogen-bond acceptors (Lipinski definition) is 6. The minimum atomic E-state index is -0.678. The number of likely N-dealkylation sites (N-methyl/N-ethyl adjacent to an activating group) is 1. The van der Waals surface area contributed by atoms with Gasteiger partial charge in [0.15, 0.2) is 17.6 Å². The molecule has 0 aromatic heterocycles. The Labute approximate surface area is 156 Å². The summed E-state index contributed by atoms with van der Waals surface area (Å²) in [5.74, 6) is 1.40. The van der Waals surface area contributed by atoms with E-state index in [1.807, 2.05) is 23.1 Å². The van der Waals surface area contributed by atoms with E-state index in [9.17, 15) is 9.59 Å². The zero-order chi connectivity index (χ0) is 18.8. The van der Waals surface area contributed by atoms with E-state index in [2.05, 4.69) is 10.6 Å². The number of amides is 2. The number of rotatable bonds is 4. The van der Waals surface area contributed by atoms with Crippen LogP contribution in [-0.2, 0) is 9.59 Å². The number of nitrogens with zero attached hydrogens (tertiary/aromatic N) is 1. The molecule has 27 heavy (non-hydrogen) atoms. The molecule has 2 aliphatic heterocycles. The first-order valence-electron chi connectivity index (χ1n) is 8.56. The van der Waals surface area contributed by atoms with Crippen molar-refractivity contribution in [2.75, 3.05) is 37.1 Å². The standard InChI is InChI=1S/C19H19N3O5/c1-20-19(24)17-9-22(13-4-2-3-5-14(13)27-17)10-18(23)21-12-6-7-15-16(8-12)26-11-25-15/h2-8,17H,9-11H2,1H3,(H,20,24)(H,21,23)/t17-/m1/s1. The van der Waals surface area contributed by atoms with E-state index in [4.69, 9.17) is 14.2 Å². The summed E-state index contributed by atoms with van der Waals surface area (Å²) in [6.07, 6.45) is -0.678. The highest BCUT2D eigenvalue weighted by Gasteiger charge is 2.31. The average molecular weight is 369 g/mol. The number of para-hydroxylation sites is 2. The molecule has 0 bridgehead atoms. The lowest BCUT2D eigenvalue weighted by molar-refractivity contribution is -0.127. The number of carbonyl (C=O) groups is 2. The fourth-order valence-corrected chi connectivity index (χ4v) is 3.10. The summed E-state index contributed by atoms with van der Waals surface area (Å²) >= 11 is 0. The Morgan fingerprint density at radius 3 is 2.78 bits per heavy atom. The maximum absolute atomic E-state index is 12.6. The molecule has 0 aliphatic carbocycles. The van der Waals surface area contributed by atoms with Crippen LogP contribution in [-0.4, -0.2) is 44.8 Å². The fourth-order valence-electron chi connectivity index (χ4n) is 3.10. The van der Waals surface area contributed by atoms with E-state index in [0.717, 1.165) is 5.69 Å². The molecule has 0 saturated carbocycles. The molecule has 2 heterocycles. The monoisotopic (exact) mass is 369 g/mol. The van der Waals surface area contributed by atoms with Gasteiger partial charge in [0.05, 0.1) is 18.8 Å². The number of carbonyl (C=O) groups excluding carboxylic acids is 2. The highest BCUT2D eigenvalue weighted by atomic mass is 16.7.